The van der Waals surface area contributed by atoms with Gasteiger partial charge in [0.2, 0.25) is 0 Å². The molecule has 0 heterocycles. The van der Waals surface area contributed by atoms with Crippen molar-refractivity contribution in [2.24, 2.45) is 0 Å². The van der Waals surface area contributed by atoms with Gasteiger partial charge in [-0.1, -0.05) is 201 Å². The summed E-state index contributed by atoms with van der Waals surface area (Å²) in [5.74, 6) is -1.01. The second-order valence-electron chi connectivity index (χ2n) is 16.7. The average Bonchev–Trinajstić information content (AvgIpc) is 3.29. The monoisotopic (exact) mass is 887 g/mol. The summed E-state index contributed by atoms with van der Waals surface area (Å²) in [5.41, 5.74) is 0. The summed E-state index contributed by atoms with van der Waals surface area (Å²) in [5, 5.41) is 0. The Kier molecular flexibility index (Phi) is 48.5. The summed E-state index contributed by atoms with van der Waals surface area (Å²) in [6.45, 7) is 6.37. The molecule has 0 aromatic heterocycles. The van der Waals surface area contributed by atoms with Gasteiger partial charge in [0, 0.05) is 19.3 Å². The van der Waals surface area contributed by atoms with Crippen molar-refractivity contribution in [1.82, 2.24) is 0 Å². The Morgan fingerprint density at radius 3 is 1.09 bits per heavy atom. The Labute approximate surface area is 393 Å². The van der Waals surface area contributed by atoms with Crippen molar-refractivity contribution < 1.29 is 28.6 Å². The summed E-state index contributed by atoms with van der Waals surface area (Å²) >= 11 is 0. The molecule has 0 rings (SSSR count). The van der Waals surface area contributed by atoms with E-state index in [0.29, 0.717) is 12.8 Å². The molecule has 6 nitrogen and oxygen atoms in total. The van der Waals surface area contributed by atoms with Crippen LogP contribution in [0.3, 0.4) is 0 Å². The van der Waals surface area contributed by atoms with Crippen molar-refractivity contribution in [3.05, 3.63) is 109 Å². The van der Waals surface area contributed by atoms with E-state index in [2.05, 4.69) is 130 Å². The molecule has 0 saturated heterocycles. The molecule has 362 valence electrons. The fraction of sp³-hybridized carbons (Fsp3) is 0.638. The topological polar surface area (TPSA) is 78.9 Å². The Balaban J connectivity index is 4.51. The fourth-order valence-electron chi connectivity index (χ4n) is 6.61. The van der Waals surface area contributed by atoms with Crippen molar-refractivity contribution in [2.45, 2.75) is 226 Å². The van der Waals surface area contributed by atoms with E-state index < -0.39 is 6.10 Å². The van der Waals surface area contributed by atoms with Crippen LogP contribution in [0.15, 0.2) is 109 Å². The summed E-state index contributed by atoms with van der Waals surface area (Å²) in [6, 6.07) is 0. The SMILES string of the molecule is CC/C=C\C/C=C\C/C=C\C/C=C\C/C=C\CCCCCC(=O)OCC(COC(=O)CCCCC/C=C\C=C/CCCC)OC(=O)CCCCC/C=C\C=C/CCCCCCCCC. The van der Waals surface area contributed by atoms with Gasteiger partial charge < -0.3 is 14.2 Å². The third-order valence-corrected chi connectivity index (χ3v) is 10.5. The van der Waals surface area contributed by atoms with Crippen molar-refractivity contribution in [3.8, 4) is 0 Å². The zero-order chi connectivity index (χ0) is 46.5. The molecule has 0 bridgehead atoms. The minimum atomic E-state index is -0.818. The maximum Gasteiger partial charge on any atom is 0.306 e. The van der Waals surface area contributed by atoms with Crippen LogP contribution < -0.4 is 0 Å². The number of allylic oxidation sites excluding steroid dienone is 18. The predicted octanol–water partition coefficient (Wildman–Crippen LogP) is 17.1. The van der Waals surface area contributed by atoms with Gasteiger partial charge >= 0.3 is 17.9 Å². The van der Waals surface area contributed by atoms with Crippen LogP contribution in [0.4, 0.5) is 0 Å². The van der Waals surface area contributed by atoms with E-state index in [4.69, 9.17) is 14.2 Å². The Bertz CT molecular complexity index is 1340. The lowest BCUT2D eigenvalue weighted by molar-refractivity contribution is -0.167. The van der Waals surface area contributed by atoms with E-state index in [0.717, 1.165) is 122 Å². The third kappa shape index (κ3) is 49.1. The third-order valence-electron chi connectivity index (χ3n) is 10.5. The van der Waals surface area contributed by atoms with Crippen LogP contribution in [0, 0.1) is 0 Å². The van der Waals surface area contributed by atoms with E-state index in [1.807, 2.05) is 0 Å². The van der Waals surface area contributed by atoms with Gasteiger partial charge in [-0.15, -0.1) is 0 Å². The van der Waals surface area contributed by atoms with Gasteiger partial charge in [-0.25, -0.2) is 0 Å². The Morgan fingerprint density at radius 2 is 0.672 bits per heavy atom. The van der Waals surface area contributed by atoms with Crippen LogP contribution in [0.2, 0.25) is 0 Å². The number of rotatable bonds is 45. The molecule has 64 heavy (non-hydrogen) atoms. The van der Waals surface area contributed by atoms with Crippen molar-refractivity contribution in [3.63, 3.8) is 0 Å². The first-order valence-corrected chi connectivity index (χ1v) is 25.9. The first-order valence-electron chi connectivity index (χ1n) is 25.9. The molecule has 0 spiro atoms. The van der Waals surface area contributed by atoms with Crippen LogP contribution in [-0.2, 0) is 28.6 Å². The van der Waals surface area contributed by atoms with Crippen LogP contribution in [0.5, 0.6) is 0 Å². The van der Waals surface area contributed by atoms with Crippen molar-refractivity contribution in [1.29, 1.82) is 0 Å². The fourth-order valence-corrected chi connectivity index (χ4v) is 6.61. The molecule has 0 N–H and O–H groups in total. The lowest BCUT2D eigenvalue weighted by atomic mass is 10.1. The number of carbonyl (C=O) groups excluding carboxylic acids is 3. The molecule has 6 heteroatoms. The zero-order valence-corrected chi connectivity index (χ0v) is 41.3. The number of hydrogen-bond acceptors (Lipinski definition) is 6. The molecule has 0 fully saturated rings. The highest BCUT2D eigenvalue weighted by atomic mass is 16.6. The van der Waals surface area contributed by atoms with E-state index in [9.17, 15) is 14.4 Å². The van der Waals surface area contributed by atoms with Crippen molar-refractivity contribution in [2.75, 3.05) is 13.2 Å². The molecule has 0 amide bonds. The van der Waals surface area contributed by atoms with Gasteiger partial charge in [-0.3, -0.25) is 14.4 Å². The lowest BCUT2D eigenvalue weighted by Crippen LogP contribution is -2.30. The summed E-state index contributed by atoms with van der Waals surface area (Å²) in [6.07, 6.45) is 69.3. The van der Waals surface area contributed by atoms with Crippen LogP contribution in [0.1, 0.15) is 220 Å². The molecule has 0 aromatic carbocycles. The van der Waals surface area contributed by atoms with E-state index in [1.165, 1.54) is 57.8 Å². The van der Waals surface area contributed by atoms with Crippen LogP contribution in [-0.4, -0.2) is 37.2 Å². The number of carbonyl (C=O) groups is 3. The zero-order valence-electron chi connectivity index (χ0n) is 41.3. The van der Waals surface area contributed by atoms with Crippen LogP contribution >= 0.6 is 0 Å². The second kappa shape index (κ2) is 51.7. The number of ether oxygens (including phenoxy) is 3. The normalized spacial score (nSPS) is 13.0. The largest absolute Gasteiger partial charge is 0.462 e. The Morgan fingerprint density at radius 1 is 0.344 bits per heavy atom. The standard InChI is InChI=1S/C58H94O6/c1-4-7-10-13-16-19-22-24-26-28-29-30-32-33-36-39-42-45-48-51-57(60)63-54-55(53-62-56(59)50-47-44-41-38-35-21-18-15-12-9-6-3)64-58(61)52-49-46-43-40-37-34-31-27-25-23-20-17-14-11-8-5-2/h7,10,15-16,18-19,21,24,26-27,29-31,33-37,55H,4-6,8-9,11-14,17,20,22-23,25,28,32,38-54H2,1-3H3/b10-7-,18-15-,19-16-,26-24-,30-29-,31-27-,35-21-,36-33-,37-34-. The summed E-state index contributed by atoms with van der Waals surface area (Å²) in [4.78, 5) is 37.9. The van der Waals surface area contributed by atoms with E-state index >= 15 is 0 Å². The number of unbranched alkanes of at least 4 members (excludes halogenated alkanes) is 18. The maximum atomic E-state index is 12.8. The molecule has 0 radical (unpaired) electrons. The second-order valence-corrected chi connectivity index (χ2v) is 16.7. The summed E-state index contributed by atoms with van der Waals surface area (Å²) in [7, 11) is 0. The Hall–Kier alpha value is -3.93. The maximum absolute atomic E-state index is 12.8. The highest BCUT2D eigenvalue weighted by Gasteiger charge is 2.19. The van der Waals surface area contributed by atoms with Gasteiger partial charge in [-0.05, 0) is 109 Å². The van der Waals surface area contributed by atoms with Crippen LogP contribution in [0.25, 0.3) is 0 Å². The molecule has 0 aliphatic carbocycles. The van der Waals surface area contributed by atoms with Gasteiger partial charge in [0.05, 0.1) is 0 Å². The minimum Gasteiger partial charge on any atom is -0.462 e. The van der Waals surface area contributed by atoms with Gasteiger partial charge in [0.1, 0.15) is 13.2 Å². The smallest absolute Gasteiger partial charge is 0.306 e. The number of esters is 3. The molecular weight excluding hydrogens is 793 g/mol. The van der Waals surface area contributed by atoms with Gasteiger partial charge in [0.15, 0.2) is 6.10 Å². The average molecular weight is 887 g/mol. The molecule has 0 aliphatic heterocycles. The van der Waals surface area contributed by atoms with E-state index in [1.54, 1.807) is 0 Å². The molecular formula is C58H94O6. The number of hydrogen-bond donors (Lipinski definition) is 0. The first kappa shape index (κ1) is 60.1. The molecule has 1 unspecified atom stereocenters. The van der Waals surface area contributed by atoms with Crippen molar-refractivity contribution >= 4 is 17.9 Å². The van der Waals surface area contributed by atoms with Gasteiger partial charge in [-0.2, -0.15) is 0 Å². The molecule has 1 atom stereocenters. The molecule has 0 aromatic rings. The predicted molar refractivity (Wildman–Crippen MR) is 274 cm³/mol. The van der Waals surface area contributed by atoms with E-state index in [-0.39, 0.29) is 37.5 Å². The summed E-state index contributed by atoms with van der Waals surface area (Å²) < 4.78 is 16.7. The highest BCUT2D eigenvalue weighted by Crippen LogP contribution is 2.12. The minimum absolute atomic E-state index is 0.116. The first-order chi connectivity index (χ1) is 31.5. The highest BCUT2D eigenvalue weighted by molar-refractivity contribution is 5.71. The molecule has 0 saturated carbocycles. The quantitative estimate of drug-likeness (QED) is 0.0199. The lowest BCUT2D eigenvalue weighted by Gasteiger charge is -2.18. The molecule has 0 aliphatic rings. The van der Waals surface area contributed by atoms with Gasteiger partial charge in [0.25, 0.3) is 0 Å².